The van der Waals surface area contributed by atoms with Crippen LogP contribution in [0, 0.1) is 5.92 Å². The number of alkyl halides is 3. The summed E-state index contributed by atoms with van der Waals surface area (Å²) in [5, 5.41) is 2.88. The highest BCUT2D eigenvalue weighted by atomic mass is 19.4. The molecule has 1 aliphatic rings. The number of carbonyl (C=O) groups excluding carboxylic acids is 1. The Balaban J connectivity index is 1.61. The van der Waals surface area contributed by atoms with Gasteiger partial charge in [-0.1, -0.05) is 12.1 Å². The average Bonchev–Trinajstić information content (AvgIpc) is 2.50. The van der Waals surface area contributed by atoms with Crippen molar-refractivity contribution in [1.82, 2.24) is 10.2 Å². The lowest BCUT2D eigenvalue weighted by Crippen LogP contribution is -2.40. The first-order chi connectivity index (χ1) is 11.3. The topological polar surface area (TPSA) is 58.4 Å². The zero-order valence-electron chi connectivity index (χ0n) is 13.6. The first-order valence-corrected chi connectivity index (χ1v) is 8.22. The van der Waals surface area contributed by atoms with Crippen LogP contribution in [0.1, 0.15) is 24.8 Å². The maximum absolute atomic E-state index is 12.3. The predicted octanol–water partition coefficient (Wildman–Crippen LogP) is 2.59. The number of rotatable bonds is 6. The Morgan fingerprint density at radius 1 is 1.21 bits per heavy atom. The van der Waals surface area contributed by atoms with E-state index < -0.39 is 12.7 Å². The fourth-order valence-corrected chi connectivity index (χ4v) is 2.99. The van der Waals surface area contributed by atoms with Crippen LogP contribution in [-0.4, -0.2) is 43.2 Å². The largest absolute Gasteiger partial charge is 0.401 e. The van der Waals surface area contributed by atoms with Gasteiger partial charge in [0.2, 0.25) is 5.91 Å². The molecule has 24 heavy (non-hydrogen) atoms. The fourth-order valence-electron chi connectivity index (χ4n) is 2.99. The van der Waals surface area contributed by atoms with Gasteiger partial charge in [0, 0.05) is 12.2 Å². The highest BCUT2D eigenvalue weighted by Crippen LogP contribution is 2.23. The molecular formula is C17H24F3N3O. The van der Waals surface area contributed by atoms with E-state index in [1.807, 2.05) is 12.1 Å². The minimum atomic E-state index is -4.12. The third-order valence-corrected chi connectivity index (χ3v) is 4.33. The Kier molecular flexibility index (Phi) is 6.48. The number of hydrogen-bond donors (Lipinski definition) is 2. The molecule has 0 radical (unpaired) electrons. The predicted molar refractivity (Wildman–Crippen MR) is 87.4 cm³/mol. The van der Waals surface area contributed by atoms with Crippen molar-refractivity contribution >= 4 is 11.6 Å². The van der Waals surface area contributed by atoms with E-state index in [4.69, 9.17) is 5.73 Å². The van der Waals surface area contributed by atoms with E-state index in [0.717, 1.165) is 24.8 Å². The van der Waals surface area contributed by atoms with E-state index in [2.05, 4.69) is 5.32 Å². The molecular weight excluding hydrogens is 319 g/mol. The Morgan fingerprint density at radius 3 is 2.42 bits per heavy atom. The maximum Gasteiger partial charge on any atom is 0.401 e. The molecule has 134 valence electrons. The van der Waals surface area contributed by atoms with Crippen LogP contribution in [0.5, 0.6) is 0 Å². The van der Waals surface area contributed by atoms with Crippen LogP contribution >= 0.6 is 0 Å². The SMILES string of the molecule is Nc1ccc(CC(=O)NCCC2CCN(CC(F)(F)F)CC2)cc1. The molecule has 0 atom stereocenters. The molecule has 0 bridgehead atoms. The summed E-state index contributed by atoms with van der Waals surface area (Å²) in [5.41, 5.74) is 7.17. The maximum atomic E-state index is 12.3. The standard InChI is InChI=1S/C17H24F3N3O/c18-17(19,20)12-23-9-6-13(7-10-23)5-8-22-16(24)11-14-1-3-15(21)4-2-14/h1-4,13H,5-12,21H2,(H,22,24). The summed E-state index contributed by atoms with van der Waals surface area (Å²) in [6.07, 6.45) is -1.49. The van der Waals surface area contributed by atoms with Gasteiger partial charge in [0.25, 0.3) is 0 Å². The van der Waals surface area contributed by atoms with E-state index in [1.54, 1.807) is 12.1 Å². The Labute approximate surface area is 140 Å². The van der Waals surface area contributed by atoms with Gasteiger partial charge in [-0.05, 0) is 56.0 Å². The number of amides is 1. The number of carbonyl (C=O) groups is 1. The first kappa shape index (κ1) is 18.6. The van der Waals surface area contributed by atoms with Crippen LogP contribution in [0.4, 0.5) is 18.9 Å². The van der Waals surface area contributed by atoms with Gasteiger partial charge in [-0.25, -0.2) is 0 Å². The van der Waals surface area contributed by atoms with Gasteiger partial charge in [0.15, 0.2) is 0 Å². The summed E-state index contributed by atoms with van der Waals surface area (Å²) >= 11 is 0. The molecule has 1 aliphatic heterocycles. The molecule has 0 aromatic heterocycles. The number of nitrogens with one attached hydrogen (secondary N) is 1. The van der Waals surface area contributed by atoms with Crippen LogP contribution in [0.2, 0.25) is 0 Å². The lowest BCUT2D eigenvalue weighted by molar-refractivity contribution is -0.148. The molecule has 1 amide bonds. The number of hydrogen-bond acceptors (Lipinski definition) is 3. The molecule has 2 rings (SSSR count). The lowest BCUT2D eigenvalue weighted by Gasteiger charge is -2.32. The Morgan fingerprint density at radius 2 is 1.83 bits per heavy atom. The van der Waals surface area contributed by atoms with Crippen LogP contribution in [0.25, 0.3) is 0 Å². The van der Waals surface area contributed by atoms with Gasteiger partial charge in [-0.15, -0.1) is 0 Å². The second-order valence-corrected chi connectivity index (χ2v) is 6.39. The highest BCUT2D eigenvalue weighted by molar-refractivity contribution is 5.78. The third-order valence-electron chi connectivity index (χ3n) is 4.33. The van der Waals surface area contributed by atoms with E-state index in [9.17, 15) is 18.0 Å². The molecule has 0 unspecified atom stereocenters. The second kappa shape index (κ2) is 8.37. The molecule has 1 heterocycles. The molecule has 0 saturated carbocycles. The highest BCUT2D eigenvalue weighted by Gasteiger charge is 2.32. The summed E-state index contributed by atoms with van der Waals surface area (Å²) in [6.45, 7) is 0.697. The molecule has 7 heteroatoms. The average molecular weight is 343 g/mol. The van der Waals surface area contributed by atoms with Gasteiger partial charge in [0.05, 0.1) is 13.0 Å². The van der Waals surface area contributed by atoms with Crippen molar-refractivity contribution in [2.45, 2.75) is 31.9 Å². The van der Waals surface area contributed by atoms with Crippen molar-refractivity contribution in [2.75, 3.05) is 31.9 Å². The molecule has 3 N–H and O–H groups in total. The lowest BCUT2D eigenvalue weighted by atomic mass is 9.93. The molecule has 1 saturated heterocycles. The van der Waals surface area contributed by atoms with Gasteiger partial charge < -0.3 is 11.1 Å². The van der Waals surface area contributed by atoms with E-state index in [0.29, 0.717) is 37.7 Å². The monoisotopic (exact) mass is 343 g/mol. The summed E-state index contributed by atoms with van der Waals surface area (Å²) < 4.78 is 37.0. The van der Waals surface area contributed by atoms with Crippen molar-refractivity contribution in [3.05, 3.63) is 29.8 Å². The van der Waals surface area contributed by atoms with E-state index in [1.165, 1.54) is 4.90 Å². The summed E-state index contributed by atoms with van der Waals surface area (Å²) in [5.74, 6) is 0.334. The number of nitrogen functional groups attached to an aromatic ring is 1. The van der Waals surface area contributed by atoms with E-state index >= 15 is 0 Å². The van der Waals surface area contributed by atoms with Crippen molar-refractivity contribution in [1.29, 1.82) is 0 Å². The quantitative estimate of drug-likeness (QED) is 0.781. The smallest absolute Gasteiger partial charge is 0.399 e. The van der Waals surface area contributed by atoms with Gasteiger partial charge in [0.1, 0.15) is 0 Å². The number of benzene rings is 1. The summed E-state index contributed by atoms with van der Waals surface area (Å²) in [6, 6.07) is 7.17. The van der Waals surface area contributed by atoms with Gasteiger partial charge in [-0.2, -0.15) is 13.2 Å². The number of halogens is 3. The van der Waals surface area contributed by atoms with Gasteiger partial charge in [-0.3, -0.25) is 9.69 Å². The number of anilines is 1. The number of likely N-dealkylation sites (tertiary alicyclic amines) is 1. The molecule has 4 nitrogen and oxygen atoms in total. The normalized spacial score (nSPS) is 17.0. The van der Waals surface area contributed by atoms with Crippen molar-refractivity contribution < 1.29 is 18.0 Å². The molecule has 0 aliphatic carbocycles. The van der Waals surface area contributed by atoms with Gasteiger partial charge >= 0.3 is 6.18 Å². The summed E-state index contributed by atoms with van der Waals surface area (Å²) in [7, 11) is 0. The first-order valence-electron chi connectivity index (χ1n) is 8.22. The van der Waals surface area contributed by atoms with Crippen LogP contribution in [-0.2, 0) is 11.2 Å². The van der Waals surface area contributed by atoms with Crippen LogP contribution in [0.15, 0.2) is 24.3 Å². The Bertz CT molecular complexity index is 523. The van der Waals surface area contributed by atoms with Crippen molar-refractivity contribution in [3.8, 4) is 0 Å². The zero-order chi connectivity index (χ0) is 17.6. The van der Waals surface area contributed by atoms with Crippen LogP contribution in [0.3, 0.4) is 0 Å². The Hall–Kier alpha value is -1.76. The molecule has 1 fully saturated rings. The third kappa shape index (κ3) is 6.78. The van der Waals surface area contributed by atoms with E-state index in [-0.39, 0.29) is 5.91 Å². The number of piperidine rings is 1. The number of nitrogens with two attached hydrogens (primary N) is 1. The molecule has 1 aromatic rings. The zero-order valence-corrected chi connectivity index (χ0v) is 13.6. The number of nitrogens with zero attached hydrogens (tertiary/aromatic N) is 1. The molecule has 0 spiro atoms. The minimum Gasteiger partial charge on any atom is -0.399 e. The van der Waals surface area contributed by atoms with Crippen molar-refractivity contribution in [2.24, 2.45) is 5.92 Å². The van der Waals surface area contributed by atoms with Crippen LogP contribution < -0.4 is 11.1 Å². The second-order valence-electron chi connectivity index (χ2n) is 6.39. The minimum absolute atomic E-state index is 0.0470. The summed E-state index contributed by atoms with van der Waals surface area (Å²) in [4.78, 5) is 13.3. The fraction of sp³-hybridized carbons (Fsp3) is 0.588. The van der Waals surface area contributed by atoms with Crippen molar-refractivity contribution in [3.63, 3.8) is 0 Å². The molecule has 1 aromatic carbocycles.